The van der Waals surface area contributed by atoms with E-state index >= 15 is 0 Å². The van der Waals surface area contributed by atoms with Gasteiger partial charge >= 0.3 is 0 Å². The number of hydrogen-bond acceptors (Lipinski definition) is 3. The van der Waals surface area contributed by atoms with Crippen LogP contribution in [0.1, 0.15) is 0 Å². The van der Waals surface area contributed by atoms with Crippen LogP contribution in [-0.4, -0.2) is 38.6 Å². The van der Waals surface area contributed by atoms with Crippen molar-refractivity contribution >= 4 is 0 Å². The number of likely N-dealkylation sites (N-methyl/N-ethyl adjacent to an activating group) is 1. The number of rotatable bonds is 4. The van der Waals surface area contributed by atoms with Crippen LogP contribution in [0.3, 0.4) is 0 Å². The van der Waals surface area contributed by atoms with E-state index in [1.165, 1.54) is 0 Å². The molecule has 0 aliphatic carbocycles. The predicted octanol–water partition coefficient (Wildman–Crippen LogP) is -0.339. The SMILES string of the molecule is CN(C)CCNCC#N. The molecule has 0 bridgehead atoms. The van der Waals surface area contributed by atoms with Gasteiger partial charge in [-0.15, -0.1) is 0 Å². The molecule has 0 saturated carbocycles. The third kappa shape index (κ3) is 7.41. The Morgan fingerprint density at radius 1 is 1.56 bits per heavy atom. The maximum atomic E-state index is 8.11. The van der Waals surface area contributed by atoms with E-state index in [0.717, 1.165) is 13.1 Å². The van der Waals surface area contributed by atoms with Crippen LogP contribution in [0.25, 0.3) is 0 Å². The maximum absolute atomic E-state index is 8.11. The van der Waals surface area contributed by atoms with E-state index in [2.05, 4.69) is 10.2 Å². The summed E-state index contributed by atoms with van der Waals surface area (Å²) in [4.78, 5) is 2.07. The van der Waals surface area contributed by atoms with Crippen molar-refractivity contribution in [1.82, 2.24) is 10.2 Å². The van der Waals surface area contributed by atoms with E-state index in [0.29, 0.717) is 6.54 Å². The second-order valence-corrected chi connectivity index (χ2v) is 2.14. The lowest BCUT2D eigenvalue weighted by atomic mass is 10.5. The van der Waals surface area contributed by atoms with Crippen molar-refractivity contribution in [2.45, 2.75) is 0 Å². The van der Waals surface area contributed by atoms with Crippen molar-refractivity contribution in [2.24, 2.45) is 0 Å². The second kappa shape index (κ2) is 5.54. The molecule has 0 heterocycles. The highest BCUT2D eigenvalue weighted by atomic mass is 15.1. The highest BCUT2D eigenvalue weighted by Crippen LogP contribution is 1.68. The zero-order chi connectivity index (χ0) is 7.11. The first-order valence-electron chi connectivity index (χ1n) is 2.99. The minimum atomic E-state index is 0.452. The summed E-state index contributed by atoms with van der Waals surface area (Å²) in [5, 5.41) is 11.1. The Morgan fingerprint density at radius 3 is 2.67 bits per heavy atom. The average Bonchev–Trinajstić information content (AvgIpc) is 1.80. The van der Waals surface area contributed by atoms with Gasteiger partial charge in [-0.2, -0.15) is 5.26 Å². The van der Waals surface area contributed by atoms with Gasteiger partial charge in [-0.3, -0.25) is 0 Å². The van der Waals surface area contributed by atoms with Crippen LogP contribution in [0.5, 0.6) is 0 Å². The zero-order valence-electron chi connectivity index (χ0n) is 6.02. The number of nitriles is 1. The molecule has 0 atom stereocenters. The molecule has 0 aliphatic heterocycles. The fraction of sp³-hybridized carbons (Fsp3) is 0.833. The van der Waals surface area contributed by atoms with E-state index in [4.69, 9.17) is 5.26 Å². The third-order valence-corrected chi connectivity index (χ3v) is 0.940. The Bertz CT molecular complexity index is 93.0. The van der Waals surface area contributed by atoms with Gasteiger partial charge in [0.05, 0.1) is 12.6 Å². The third-order valence-electron chi connectivity index (χ3n) is 0.940. The van der Waals surface area contributed by atoms with Gasteiger partial charge in [-0.05, 0) is 14.1 Å². The molecule has 3 nitrogen and oxygen atoms in total. The maximum Gasteiger partial charge on any atom is 0.0841 e. The summed E-state index contributed by atoms with van der Waals surface area (Å²) in [6, 6.07) is 2.01. The van der Waals surface area contributed by atoms with E-state index in [9.17, 15) is 0 Å². The Labute approximate surface area is 56.3 Å². The van der Waals surface area contributed by atoms with Gasteiger partial charge in [0.1, 0.15) is 0 Å². The molecule has 0 fully saturated rings. The summed E-state index contributed by atoms with van der Waals surface area (Å²) in [6.07, 6.45) is 0. The number of nitrogens with zero attached hydrogens (tertiary/aromatic N) is 2. The highest BCUT2D eigenvalue weighted by molar-refractivity contribution is 4.72. The Morgan fingerprint density at radius 2 is 2.22 bits per heavy atom. The van der Waals surface area contributed by atoms with Crippen molar-refractivity contribution in [3.63, 3.8) is 0 Å². The monoisotopic (exact) mass is 127 g/mol. The fourth-order valence-electron chi connectivity index (χ4n) is 0.447. The molecule has 0 aromatic carbocycles. The van der Waals surface area contributed by atoms with Crippen molar-refractivity contribution in [3.8, 4) is 6.07 Å². The van der Waals surface area contributed by atoms with E-state index in [-0.39, 0.29) is 0 Å². The van der Waals surface area contributed by atoms with Crippen LogP contribution in [0, 0.1) is 11.3 Å². The lowest BCUT2D eigenvalue weighted by Crippen LogP contribution is -2.26. The largest absolute Gasteiger partial charge is 0.308 e. The highest BCUT2D eigenvalue weighted by Gasteiger charge is 1.86. The zero-order valence-corrected chi connectivity index (χ0v) is 6.02. The van der Waals surface area contributed by atoms with Crippen molar-refractivity contribution in [3.05, 3.63) is 0 Å². The summed E-state index contributed by atoms with van der Waals surface area (Å²) in [5.41, 5.74) is 0. The smallest absolute Gasteiger partial charge is 0.0841 e. The average molecular weight is 127 g/mol. The van der Waals surface area contributed by atoms with Gasteiger partial charge in [0.2, 0.25) is 0 Å². The first-order chi connectivity index (χ1) is 4.27. The van der Waals surface area contributed by atoms with Gasteiger partial charge in [-0.1, -0.05) is 0 Å². The van der Waals surface area contributed by atoms with Crippen LogP contribution in [0.4, 0.5) is 0 Å². The molecule has 0 radical (unpaired) electrons. The molecule has 9 heavy (non-hydrogen) atoms. The molecule has 0 saturated heterocycles. The standard InChI is InChI=1S/C6H13N3/c1-9(2)6-5-8-4-3-7/h8H,4-6H2,1-2H3. The first kappa shape index (κ1) is 8.41. The number of hydrogen-bond donors (Lipinski definition) is 1. The van der Waals surface area contributed by atoms with E-state index in [1.54, 1.807) is 0 Å². The fourth-order valence-corrected chi connectivity index (χ4v) is 0.447. The summed E-state index contributed by atoms with van der Waals surface area (Å²) >= 11 is 0. The van der Waals surface area contributed by atoms with Gasteiger partial charge in [0.15, 0.2) is 0 Å². The van der Waals surface area contributed by atoms with Crippen molar-refractivity contribution in [2.75, 3.05) is 33.7 Å². The quantitative estimate of drug-likeness (QED) is 0.415. The Kier molecular flexibility index (Phi) is 5.18. The molecular formula is C6H13N3. The number of nitrogens with one attached hydrogen (secondary N) is 1. The van der Waals surface area contributed by atoms with Gasteiger partial charge in [0, 0.05) is 13.1 Å². The summed E-state index contributed by atoms with van der Waals surface area (Å²) in [7, 11) is 4.02. The molecule has 0 unspecified atom stereocenters. The van der Waals surface area contributed by atoms with Crippen LogP contribution in [0.15, 0.2) is 0 Å². The lowest BCUT2D eigenvalue weighted by molar-refractivity contribution is 0.404. The van der Waals surface area contributed by atoms with Gasteiger partial charge in [0.25, 0.3) is 0 Å². The molecule has 0 aromatic heterocycles. The molecule has 52 valence electrons. The van der Waals surface area contributed by atoms with Crippen LogP contribution < -0.4 is 5.32 Å². The van der Waals surface area contributed by atoms with E-state index < -0.39 is 0 Å². The topological polar surface area (TPSA) is 39.1 Å². The summed E-state index contributed by atoms with van der Waals surface area (Å²) in [5.74, 6) is 0. The first-order valence-corrected chi connectivity index (χ1v) is 2.99. The van der Waals surface area contributed by atoms with Gasteiger partial charge in [-0.25, -0.2) is 0 Å². The molecule has 1 N–H and O–H groups in total. The minimum absolute atomic E-state index is 0.452. The molecular weight excluding hydrogens is 114 g/mol. The molecule has 0 aliphatic rings. The van der Waals surface area contributed by atoms with Crippen molar-refractivity contribution in [1.29, 1.82) is 5.26 Å². The molecule has 0 amide bonds. The molecule has 3 heteroatoms. The molecule has 0 rings (SSSR count). The normalized spacial score (nSPS) is 9.56. The van der Waals surface area contributed by atoms with E-state index in [1.807, 2.05) is 20.2 Å². The minimum Gasteiger partial charge on any atom is -0.308 e. The second-order valence-electron chi connectivity index (χ2n) is 2.14. The van der Waals surface area contributed by atoms with Crippen LogP contribution in [-0.2, 0) is 0 Å². The Balaban J connectivity index is 2.85. The lowest BCUT2D eigenvalue weighted by Gasteiger charge is -2.07. The molecule has 0 aromatic rings. The van der Waals surface area contributed by atoms with Crippen LogP contribution >= 0.6 is 0 Å². The van der Waals surface area contributed by atoms with Crippen LogP contribution in [0.2, 0.25) is 0 Å². The summed E-state index contributed by atoms with van der Waals surface area (Å²) < 4.78 is 0. The molecule has 0 spiro atoms. The summed E-state index contributed by atoms with van der Waals surface area (Å²) in [6.45, 7) is 2.33. The van der Waals surface area contributed by atoms with Crippen molar-refractivity contribution < 1.29 is 0 Å². The predicted molar refractivity (Wildman–Crippen MR) is 37.0 cm³/mol. The van der Waals surface area contributed by atoms with Gasteiger partial charge < -0.3 is 10.2 Å². The Hall–Kier alpha value is -0.590.